The number of ether oxygens (including phenoxy) is 2. The van der Waals surface area contributed by atoms with Gasteiger partial charge in [-0.1, -0.05) is 12.8 Å². The summed E-state index contributed by atoms with van der Waals surface area (Å²) in [7, 11) is 0. The minimum Gasteiger partial charge on any atom is -0.481 e. The van der Waals surface area contributed by atoms with Gasteiger partial charge in [-0.3, -0.25) is 4.79 Å². The average molecular weight is 202 g/mol. The number of hydrogen-bond acceptors (Lipinski definition) is 3. The van der Waals surface area contributed by atoms with Crippen LogP contribution in [0.3, 0.4) is 0 Å². The second-order valence-corrected chi connectivity index (χ2v) is 3.56. The SMILES string of the molecule is O=C(O)CCCCCC1COCCO1. The Morgan fingerprint density at radius 1 is 1.29 bits per heavy atom. The van der Waals surface area contributed by atoms with Crippen LogP contribution in [0.2, 0.25) is 0 Å². The van der Waals surface area contributed by atoms with E-state index in [9.17, 15) is 4.79 Å². The molecule has 0 saturated carbocycles. The highest BCUT2D eigenvalue weighted by atomic mass is 16.6. The van der Waals surface area contributed by atoms with Crippen molar-refractivity contribution in [2.24, 2.45) is 0 Å². The molecule has 1 fully saturated rings. The Balaban J connectivity index is 1.90. The molecule has 0 radical (unpaired) electrons. The van der Waals surface area contributed by atoms with Crippen molar-refractivity contribution >= 4 is 5.97 Å². The summed E-state index contributed by atoms with van der Waals surface area (Å²) in [6.07, 6.45) is 4.26. The summed E-state index contributed by atoms with van der Waals surface area (Å²) >= 11 is 0. The van der Waals surface area contributed by atoms with Gasteiger partial charge >= 0.3 is 5.97 Å². The Labute approximate surface area is 84.2 Å². The zero-order valence-corrected chi connectivity index (χ0v) is 8.41. The average Bonchev–Trinajstić information content (AvgIpc) is 2.18. The van der Waals surface area contributed by atoms with Crippen LogP contribution in [0.15, 0.2) is 0 Å². The number of carboxylic acid groups (broad SMARTS) is 1. The van der Waals surface area contributed by atoms with Crippen LogP contribution in [0.4, 0.5) is 0 Å². The fourth-order valence-corrected chi connectivity index (χ4v) is 1.53. The lowest BCUT2D eigenvalue weighted by molar-refractivity contribution is -0.137. The molecule has 4 heteroatoms. The predicted molar refractivity (Wildman–Crippen MR) is 51.3 cm³/mol. The van der Waals surface area contributed by atoms with E-state index in [2.05, 4.69) is 0 Å². The quantitative estimate of drug-likeness (QED) is 0.662. The summed E-state index contributed by atoms with van der Waals surface area (Å²) in [6, 6.07) is 0. The van der Waals surface area contributed by atoms with Gasteiger partial charge < -0.3 is 14.6 Å². The predicted octanol–water partition coefficient (Wildman–Crippen LogP) is 1.44. The van der Waals surface area contributed by atoms with Crippen LogP contribution in [0.1, 0.15) is 32.1 Å². The number of rotatable bonds is 6. The summed E-state index contributed by atoms with van der Waals surface area (Å²) in [5.41, 5.74) is 0. The van der Waals surface area contributed by atoms with Crippen molar-refractivity contribution in [2.75, 3.05) is 19.8 Å². The highest BCUT2D eigenvalue weighted by molar-refractivity contribution is 5.66. The second-order valence-electron chi connectivity index (χ2n) is 3.56. The van der Waals surface area contributed by atoms with E-state index in [0.717, 1.165) is 25.7 Å². The molecule has 0 bridgehead atoms. The van der Waals surface area contributed by atoms with Gasteiger partial charge in [0.15, 0.2) is 0 Å². The monoisotopic (exact) mass is 202 g/mol. The lowest BCUT2D eigenvalue weighted by Gasteiger charge is -2.22. The van der Waals surface area contributed by atoms with Crippen LogP contribution in [-0.2, 0) is 14.3 Å². The molecule has 82 valence electrons. The number of carbonyl (C=O) groups is 1. The van der Waals surface area contributed by atoms with Crippen molar-refractivity contribution < 1.29 is 19.4 Å². The maximum Gasteiger partial charge on any atom is 0.303 e. The van der Waals surface area contributed by atoms with E-state index in [1.54, 1.807) is 0 Å². The van der Waals surface area contributed by atoms with Gasteiger partial charge in [-0.25, -0.2) is 0 Å². The van der Waals surface area contributed by atoms with E-state index in [0.29, 0.717) is 19.8 Å². The van der Waals surface area contributed by atoms with Crippen molar-refractivity contribution in [2.45, 2.75) is 38.2 Å². The lowest BCUT2D eigenvalue weighted by Crippen LogP contribution is -2.28. The minimum atomic E-state index is -0.706. The molecule has 1 aliphatic rings. The van der Waals surface area contributed by atoms with Crippen molar-refractivity contribution in [3.8, 4) is 0 Å². The summed E-state index contributed by atoms with van der Waals surface area (Å²) in [5.74, 6) is -0.706. The van der Waals surface area contributed by atoms with Crippen molar-refractivity contribution in [1.29, 1.82) is 0 Å². The number of hydrogen-bond donors (Lipinski definition) is 1. The third-order valence-corrected chi connectivity index (χ3v) is 2.30. The molecule has 4 nitrogen and oxygen atoms in total. The zero-order chi connectivity index (χ0) is 10.2. The summed E-state index contributed by atoms with van der Waals surface area (Å²) in [6.45, 7) is 2.09. The van der Waals surface area contributed by atoms with Crippen LogP contribution in [-0.4, -0.2) is 37.0 Å². The van der Waals surface area contributed by atoms with Crippen LogP contribution in [0.5, 0.6) is 0 Å². The first-order valence-corrected chi connectivity index (χ1v) is 5.20. The number of aliphatic carboxylic acids is 1. The van der Waals surface area contributed by atoms with Crippen LogP contribution < -0.4 is 0 Å². The third-order valence-electron chi connectivity index (χ3n) is 2.30. The number of carboxylic acids is 1. The van der Waals surface area contributed by atoms with E-state index in [1.807, 2.05) is 0 Å². The molecule has 1 N–H and O–H groups in total. The lowest BCUT2D eigenvalue weighted by atomic mass is 10.1. The first kappa shape index (κ1) is 11.5. The molecule has 1 saturated heterocycles. The Morgan fingerprint density at radius 2 is 2.14 bits per heavy atom. The van der Waals surface area contributed by atoms with Gasteiger partial charge in [0.05, 0.1) is 25.9 Å². The minimum absolute atomic E-state index is 0.230. The molecule has 0 aromatic carbocycles. The first-order valence-electron chi connectivity index (χ1n) is 5.20. The summed E-state index contributed by atoms with van der Waals surface area (Å²) < 4.78 is 10.7. The maximum absolute atomic E-state index is 10.2. The molecule has 0 amide bonds. The van der Waals surface area contributed by atoms with Gasteiger partial charge in [0, 0.05) is 6.42 Å². The molecule has 1 aliphatic heterocycles. The molecule has 0 spiro atoms. The van der Waals surface area contributed by atoms with E-state index >= 15 is 0 Å². The van der Waals surface area contributed by atoms with Crippen molar-refractivity contribution in [1.82, 2.24) is 0 Å². The third kappa shape index (κ3) is 5.19. The topological polar surface area (TPSA) is 55.8 Å². The van der Waals surface area contributed by atoms with Gasteiger partial charge in [0.2, 0.25) is 0 Å². The number of unbranched alkanes of at least 4 members (excludes halogenated alkanes) is 2. The van der Waals surface area contributed by atoms with E-state index in [-0.39, 0.29) is 12.5 Å². The molecule has 1 atom stereocenters. The van der Waals surface area contributed by atoms with Gasteiger partial charge in [0.1, 0.15) is 0 Å². The van der Waals surface area contributed by atoms with Crippen LogP contribution in [0.25, 0.3) is 0 Å². The van der Waals surface area contributed by atoms with Crippen molar-refractivity contribution in [3.05, 3.63) is 0 Å². The molecule has 0 aliphatic carbocycles. The Bertz CT molecular complexity index is 164. The van der Waals surface area contributed by atoms with Gasteiger partial charge in [-0.2, -0.15) is 0 Å². The van der Waals surface area contributed by atoms with E-state index in [1.165, 1.54) is 0 Å². The molecule has 0 aromatic rings. The summed E-state index contributed by atoms with van der Waals surface area (Å²) in [5, 5.41) is 8.42. The summed E-state index contributed by atoms with van der Waals surface area (Å²) in [4.78, 5) is 10.2. The molecule has 0 aromatic heterocycles. The molecular weight excluding hydrogens is 184 g/mol. The molecule has 1 unspecified atom stereocenters. The maximum atomic E-state index is 10.2. The zero-order valence-electron chi connectivity index (χ0n) is 8.41. The molecular formula is C10H18O4. The molecule has 1 rings (SSSR count). The fraction of sp³-hybridized carbons (Fsp3) is 0.900. The molecule has 1 heterocycles. The van der Waals surface area contributed by atoms with Crippen molar-refractivity contribution in [3.63, 3.8) is 0 Å². The molecule has 14 heavy (non-hydrogen) atoms. The Hall–Kier alpha value is -0.610. The van der Waals surface area contributed by atoms with Gasteiger partial charge in [-0.05, 0) is 12.8 Å². The normalized spacial score (nSPS) is 22.1. The fourth-order valence-electron chi connectivity index (χ4n) is 1.53. The highest BCUT2D eigenvalue weighted by Gasteiger charge is 2.13. The van der Waals surface area contributed by atoms with Crippen LogP contribution >= 0.6 is 0 Å². The Kier molecular flexibility index (Phi) is 5.56. The van der Waals surface area contributed by atoms with E-state index < -0.39 is 5.97 Å². The van der Waals surface area contributed by atoms with E-state index in [4.69, 9.17) is 14.6 Å². The van der Waals surface area contributed by atoms with Gasteiger partial charge in [0.25, 0.3) is 0 Å². The Morgan fingerprint density at radius 3 is 2.79 bits per heavy atom. The standard InChI is InChI=1S/C10H18O4/c11-10(12)5-3-1-2-4-9-8-13-6-7-14-9/h9H,1-8H2,(H,11,12). The highest BCUT2D eigenvalue weighted by Crippen LogP contribution is 2.11. The van der Waals surface area contributed by atoms with Gasteiger partial charge in [-0.15, -0.1) is 0 Å². The smallest absolute Gasteiger partial charge is 0.303 e. The largest absolute Gasteiger partial charge is 0.481 e. The first-order chi connectivity index (χ1) is 6.79. The second kappa shape index (κ2) is 6.79. The van der Waals surface area contributed by atoms with Crippen LogP contribution in [0, 0.1) is 0 Å².